The molecule has 0 unspecified atom stereocenters. The van der Waals surface area contributed by atoms with Crippen LogP contribution in [0.5, 0.6) is 0 Å². The SMILES string of the molecule is CN=C(NCCc1c[nH]c2cc(F)ccc12)NCc1ccc(S(=O)(=O)N(C)C)cc1.I. The molecular weight excluding hydrogens is 532 g/mol. The van der Waals surface area contributed by atoms with Crippen molar-refractivity contribution in [3.05, 3.63) is 65.6 Å². The smallest absolute Gasteiger partial charge is 0.242 e. The Labute approximate surface area is 199 Å². The predicted octanol–water partition coefficient (Wildman–Crippen LogP) is 3.08. The molecule has 2 aromatic carbocycles. The Balaban J connectivity index is 0.00000341. The number of guanidine groups is 1. The molecule has 0 radical (unpaired) electrons. The third-order valence-corrected chi connectivity index (χ3v) is 6.63. The number of halogens is 2. The van der Waals surface area contributed by atoms with Crippen LogP contribution in [0, 0.1) is 5.82 Å². The largest absolute Gasteiger partial charge is 0.361 e. The highest BCUT2D eigenvalue weighted by Gasteiger charge is 2.16. The third-order valence-electron chi connectivity index (χ3n) is 4.80. The Morgan fingerprint density at radius 2 is 1.84 bits per heavy atom. The summed E-state index contributed by atoms with van der Waals surface area (Å²) in [5.41, 5.74) is 2.83. The van der Waals surface area contributed by atoms with Gasteiger partial charge in [0.1, 0.15) is 5.82 Å². The van der Waals surface area contributed by atoms with Crippen molar-refractivity contribution in [3.63, 3.8) is 0 Å². The first-order valence-corrected chi connectivity index (χ1v) is 11.0. The van der Waals surface area contributed by atoms with Gasteiger partial charge in [0.15, 0.2) is 5.96 Å². The predicted molar refractivity (Wildman–Crippen MR) is 133 cm³/mol. The van der Waals surface area contributed by atoms with Crippen molar-refractivity contribution in [3.8, 4) is 0 Å². The van der Waals surface area contributed by atoms with Gasteiger partial charge in [0.05, 0.1) is 4.90 Å². The minimum Gasteiger partial charge on any atom is -0.361 e. The monoisotopic (exact) mass is 559 g/mol. The molecule has 3 rings (SSSR count). The van der Waals surface area contributed by atoms with Gasteiger partial charge in [-0.15, -0.1) is 24.0 Å². The Kier molecular flexibility index (Phi) is 8.83. The second-order valence-corrected chi connectivity index (χ2v) is 9.19. The lowest BCUT2D eigenvalue weighted by Gasteiger charge is -2.13. The lowest BCUT2D eigenvalue weighted by molar-refractivity contribution is 0.520. The molecule has 1 aromatic heterocycles. The molecule has 0 spiro atoms. The first kappa shape index (κ1) is 25.1. The number of fused-ring (bicyclic) bond motifs is 1. The lowest BCUT2D eigenvalue weighted by atomic mass is 10.1. The topological polar surface area (TPSA) is 89.6 Å². The van der Waals surface area contributed by atoms with E-state index in [9.17, 15) is 12.8 Å². The Hall–Kier alpha value is -2.18. The van der Waals surface area contributed by atoms with Gasteiger partial charge >= 0.3 is 0 Å². The van der Waals surface area contributed by atoms with Crippen molar-refractivity contribution in [2.45, 2.75) is 17.9 Å². The molecule has 10 heteroatoms. The van der Waals surface area contributed by atoms with Crippen molar-refractivity contribution in [1.29, 1.82) is 0 Å². The summed E-state index contributed by atoms with van der Waals surface area (Å²) in [6.45, 7) is 1.17. The molecule has 7 nitrogen and oxygen atoms in total. The molecule has 0 bridgehead atoms. The van der Waals surface area contributed by atoms with Crippen molar-refractivity contribution >= 4 is 50.9 Å². The molecule has 0 aliphatic heterocycles. The van der Waals surface area contributed by atoms with E-state index < -0.39 is 10.0 Å². The summed E-state index contributed by atoms with van der Waals surface area (Å²) in [5, 5.41) is 7.47. The molecule has 0 saturated heterocycles. The van der Waals surface area contributed by atoms with Crippen LogP contribution < -0.4 is 10.6 Å². The normalized spacial score (nSPS) is 12.1. The van der Waals surface area contributed by atoms with E-state index in [1.165, 1.54) is 30.5 Å². The van der Waals surface area contributed by atoms with Crippen LogP contribution in [0.2, 0.25) is 0 Å². The van der Waals surface area contributed by atoms with E-state index in [2.05, 4.69) is 20.6 Å². The number of benzene rings is 2. The van der Waals surface area contributed by atoms with Crippen LogP contribution in [-0.2, 0) is 23.0 Å². The number of aromatic nitrogens is 1. The van der Waals surface area contributed by atoms with Gasteiger partial charge in [0, 0.05) is 51.3 Å². The first-order valence-electron chi connectivity index (χ1n) is 9.53. The number of nitrogens with zero attached hydrogens (tertiary/aromatic N) is 2. The fraction of sp³-hybridized carbons (Fsp3) is 0.286. The van der Waals surface area contributed by atoms with Crippen molar-refractivity contribution in [2.24, 2.45) is 4.99 Å². The average Bonchev–Trinajstić information content (AvgIpc) is 3.12. The summed E-state index contributed by atoms with van der Waals surface area (Å²) in [5.74, 6) is 0.386. The van der Waals surface area contributed by atoms with Crippen molar-refractivity contribution in [2.75, 3.05) is 27.7 Å². The van der Waals surface area contributed by atoms with E-state index in [4.69, 9.17) is 0 Å². The Bertz CT molecular complexity index is 1140. The zero-order valence-electron chi connectivity index (χ0n) is 17.6. The van der Waals surface area contributed by atoms with Crippen molar-refractivity contribution < 1.29 is 12.8 Å². The van der Waals surface area contributed by atoms with Crippen LogP contribution >= 0.6 is 24.0 Å². The minimum atomic E-state index is -3.43. The third kappa shape index (κ3) is 6.17. The summed E-state index contributed by atoms with van der Waals surface area (Å²) in [6.07, 6.45) is 2.65. The second kappa shape index (κ2) is 10.9. The highest BCUT2D eigenvalue weighted by Crippen LogP contribution is 2.19. The number of hydrogen-bond donors (Lipinski definition) is 3. The van der Waals surface area contributed by atoms with E-state index in [1.54, 1.807) is 37.4 Å². The van der Waals surface area contributed by atoms with E-state index in [0.29, 0.717) is 19.0 Å². The van der Waals surface area contributed by atoms with Crippen molar-refractivity contribution in [1.82, 2.24) is 19.9 Å². The summed E-state index contributed by atoms with van der Waals surface area (Å²) in [6, 6.07) is 11.5. The maximum Gasteiger partial charge on any atom is 0.242 e. The number of rotatable bonds is 7. The van der Waals surface area contributed by atoms with E-state index in [0.717, 1.165) is 28.5 Å². The maximum atomic E-state index is 13.3. The molecule has 0 atom stereocenters. The van der Waals surface area contributed by atoms with Crippen LogP contribution in [0.25, 0.3) is 10.9 Å². The van der Waals surface area contributed by atoms with Gasteiger partial charge in [0.2, 0.25) is 10.0 Å². The molecule has 1 heterocycles. The minimum absolute atomic E-state index is 0. The van der Waals surface area contributed by atoms with Crippen LogP contribution in [-0.4, -0.2) is 51.4 Å². The summed E-state index contributed by atoms with van der Waals surface area (Å²) in [7, 11) is 1.28. The molecule has 3 aromatic rings. The van der Waals surface area contributed by atoms with Gasteiger partial charge in [0.25, 0.3) is 0 Å². The first-order chi connectivity index (χ1) is 14.3. The second-order valence-electron chi connectivity index (χ2n) is 7.04. The highest BCUT2D eigenvalue weighted by molar-refractivity contribution is 14.0. The molecule has 0 amide bonds. The van der Waals surface area contributed by atoms with Gasteiger partial charge in [-0.25, -0.2) is 17.1 Å². The molecule has 0 saturated carbocycles. The van der Waals surface area contributed by atoms with Gasteiger partial charge < -0.3 is 15.6 Å². The fourth-order valence-corrected chi connectivity index (χ4v) is 3.98. The number of H-pyrrole nitrogens is 1. The number of aliphatic imine (C=N–C) groups is 1. The lowest BCUT2D eigenvalue weighted by Crippen LogP contribution is -2.37. The molecule has 31 heavy (non-hydrogen) atoms. The van der Waals surface area contributed by atoms with Gasteiger partial charge in [-0.3, -0.25) is 4.99 Å². The maximum absolute atomic E-state index is 13.3. The summed E-state index contributed by atoms with van der Waals surface area (Å²) in [4.78, 5) is 7.56. The summed E-state index contributed by atoms with van der Waals surface area (Å²) >= 11 is 0. The number of hydrogen-bond acceptors (Lipinski definition) is 3. The zero-order valence-corrected chi connectivity index (χ0v) is 20.8. The number of nitrogens with one attached hydrogen (secondary N) is 3. The van der Waals surface area contributed by atoms with Gasteiger partial charge in [-0.05, 0) is 47.9 Å². The standard InChI is InChI=1S/C21H26FN5O2S.HI/c1-23-21(24-11-10-16-14-25-20-12-17(22)6-9-19(16)20)26-13-15-4-7-18(8-5-15)30(28,29)27(2)3;/h4-9,12,14,25H,10-11,13H2,1-3H3,(H2,23,24,26);1H. The number of sulfonamides is 1. The van der Waals surface area contributed by atoms with E-state index >= 15 is 0 Å². The Morgan fingerprint density at radius 3 is 2.48 bits per heavy atom. The average molecular weight is 559 g/mol. The molecule has 0 fully saturated rings. The van der Waals surface area contributed by atoms with Crippen LogP contribution in [0.4, 0.5) is 4.39 Å². The molecule has 3 N–H and O–H groups in total. The van der Waals surface area contributed by atoms with Crippen LogP contribution in [0.3, 0.4) is 0 Å². The molecule has 168 valence electrons. The van der Waals surface area contributed by atoms with E-state index in [1.807, 2.05) is 6.20 Å². The molecule has 0 aliphatic carbocycles. The molecule has 0 aliphatic rings. The van der Waals surface area contributed by atoms with E-state index in [-0.39, 0.29) is 34.7 Å². The summed E-state index contributed by atoms with van der Waals surface area (Å²) < 4.78 is 38.8. The van der Waals surface area contributed by atoms with Crippen LogP contribution in [0.15, 0.2) is 58.5 Å². The zero-order chi connectivity index (χ0) is 21.7. The fourth-order valence-electron chi connectivity index (χ4n) is 3.08. The highest BCUT2D eigenvalue weighted by atomic mass is 127. The van der Waals surface area contributed by atoms with Gasteiger partial charge in [-0.1, -0.05) is 12.1 Å². The van der Waals surface area contributed by atoms with Gasteiger partial charge in [-0.2, -0.15) is 0 Å². The Morgan fingerprint density at radius 1 is 1.13 bits per heavy atom. The van der Waals surface area contributed by atoms with Crippen LogP contribution in [0.1, 0.15) is 11.1 Å². The quantitative estimate of drug-likeness (QED) is 0.236. The number of aromatic amines is 1. The molecular formula is C21H27FIN5O2S.